The first-order valence-corrected chi connectivity index (χ1v) is 10.6. The number of benzene rings is 2. The van der Waals surface area contributed by atoms with Crippen LogP contribution in [0.25, 0.3) is 0 Å². The summed E-state index contributed by atoms with van der Waals surface area (Å²) < 4.78 is 13.1. The fourth-order valence-corrected chi connectivity index (χ4v) is 4.29. The number of nitrogens with one attached hydrogen (secondary N) is 2. The van der Waals surface area contributed by atoms with Crippen molar-refractivity contribution in [2.24, 2.45) is 0 Å². The van der Waals surface area contributed by atoms with Crippen LogP contribution in [0.15, 0.2) is 42.5 Å². The zero-order chi connectivity index (χ0) is 23.2. The molecule has 33 heavy (non-hydrogen) atoms. The maximum absolute atomic E-state index is 13.3. The Morgan fingerprint density at radius 2 is 1.85 bits per heavy atom. The number of urea groups is 1. The summed E-state index contributed by atoms with van der Waals surface area (Å²) in [4.78, 5) is 39.5. The molecule has 5 rings (SSSR count). The molecule has 4 N–H and O–H groups in total. The highest BCUT2D eigenvalue weighted by Gasteiger charge is 2.49. The van der Waals surface area contributed by atoms with Crippen molar-refractivity contribution in [2.45, 2.75) is 38.3 Å². The lowest BCUT2D eigenvalue weighted by molar-refractivity contribution is -0.131. The standard InChI is InChI=1S/C23H22FN7O2/c1-23(15-6-5-13-3-2-4-14(13)11-15)19(32)31(22(33)30-23)12-18-27-20(25)29-21(28-18)26-17-9-7-16(24)8-10-17/h5-11H,2-4,12H2,1H3,(H,30,33)(H3,25,26,27,28,29). The summed E-state index contributed by atoms with van der Waals surface area (Å²) in [6.07, 6.45) is 3.10. The van der Waals surface area contributed by atoms with E-state index in [0.29, 0.717) is 5.69 Å². The number of rotatable bonds is 5. The van der Waals surface area contributed by atoms with Crippen molar-refractivity contribution >= 4 is 29.5 Å². The first-order chi connectivity index (χ1) is 15.8. The van der Waals surface area contributed by atoms with Gasteiger partial charge in [-0.25, -0.2) is 9.18 Å². The number of nitrogens with zero attached hydrogens (tertiary/aromatic N) is 4. The topological polar surface area (TPSA) is 126 Å². The third-order valence-corrected chi connectivity index (χ3v) is 6.05. The summed E-state index contributed by atoms with van der Waals surface area (Å²) in [5.74, 6) is -0.566. The normalized spacial score (nSPS) is 19.5. The molecule has 1 saturated heterocycles. The maximum atomic E-state index is 13.3. The zero-order valence-corrected chi connectivity index (χ0v) is 17.9. The summed E-state index contributed by atoms with van der Waals surface area (Å²) >= 11 is 0. The van der Waals surface area contributed by atoms with Gasteiger partial charge in [0.25, 0.3) is 5.91 Å². The Labute approximate surface area is 189 Å². The third-order valence-electron chi connectivity index (χ3n) is 6.05. The quantitative estimate of drug-likeness (QED) is 0.514. The minimum Gasteiger partial charge on any atom is -0.368 e. The van der Waals surface area contributed by atoms with Crippen LogP contribution in [0.2, 0.25) is 0 Å². The van der Waals surface area contributed by atoms with Crippen LogP contribution >= 0.6 is 0 Å². The van der Waals surface area contributed by atoms with Gasteiger partial charge in [0.1, 0.15) is 11.4 Å². The molecule has 0 spiro atoms. The molecule has 1 aliphatic carbocycles. The molecule has 1 atom stereocenters. The molecule has 1 aromatic heterocycles. The van der Waals surface area contributed by atoms with Crippen molar-refractivity contribution in [3.8, 4) is 0 Å². The second kappa shape index (κ2) is 7.80. The fraction of sp³-hybridized carbons (Fsp3) is 0.261. The van der Waals surface area contributed by atoms with E-state index in [0.717, 1.165) is 29.7 Å². The second-order valence-electron chi connectivity index (χ2n) is 8.35. The molecular formula is C23H22FN7O2. The maximum Gasteiger partial charge on any atom is 0.325 e. The van der Waals surface area contributed by atoms with Crippen LogP contribution < -0.4 is 16.4 Å². The number of hydrogen-bond acceptors (Lipinski definition) is 7. The van der Waals surface area contributed by atoms with Crippen LogP contribution in [0.5, 0.6) is 0 Å². The van der Waals surface area contributed by atoms with Crippen molar-refractivity contribution in [1.29, 1.82) is 0 Å². The molecule has 2 aliphatic rings. The number of nitrogen functional groups attached to an aromatic ring is 1. The van der Waals surface area contributed by atoms with Gasteiger partial charge >= 0.3 is 6.03 Å². The molecule has 10 heteroatoms. The van der Waals surface area contributed by atoms with Gasteiger partial charge < -0.3 is 16.4 Å². The van der Waals surface area contributed by atoms with Crippen LogP contribution in [0.4, 0.5) is 26.8 Å². The summed E-state index contributed by atoms with van der Waals surface area (Å²) in [5.41, 5.74) is 8.44. The van der Waals surface area contributed by atoms with Crippen LogP contribution in [-0.2, 0) is 29.7 Å². The molecule has 1 aliphatic heterocycles. The smallest absolute Gasteiger partial charge is 0.325 e. The first kappa shape index (κ1) is 20.8. The van der Waals surface area contributed by atoms with Crippen LogP contribution in [0.1, 0.15) is 35.9 Å². The van der Waals surface area contributed by atoms with Gasteiger partial charge in [-0.05, 0) is 67.1 Å². The van der Waals surface area contributed by atoms with E-state index >= 15 is 0 Å². The lowest BCUT2D eigenvalue weighted by Crippen LogP contribution is -2.41. The third kappa shape index (κ3) is 3.84. The predicted molar refractivity (Wildman–Crippen MR) is 119 cm³/mol. The number of halogens is 1. The molecule has 0 radical (unpaired) electrons. The van der Waals surface area contributed by atoms with E-state index in [2.05, 4.69) is 25.6 Å². The van der Waals surface area contributed by atoms with Crippen molar-refractivity contribution in [3.05, 3.63) is 70.8 Å². The van der Waals surface area contributed by atoms with Gasteiger partial charge in [-0.1, -0.05) is 18.2 Å². The van der Waals surface area contributed by atoms with Gasteiger partial charge in [0.05, 0.1) is 6.54 Å². The number of carbonyl (C=O) groups excluding carboxylic acids is 2. The molecule has 3 aromatic rings. The van der Waals surface area contributed by atoms with Gasteiger partial charge in [-0.15, -0.1) is 0 Å². The largest absolute Gasteiger partial charge is 0.368 e. The van der Waals surface area contributed by atoms with Crippen LogP contribution in [0.3, 0.4) is 0 Å². The predicted octanol–water partition coefficient (Wildman–Crippen LogP) is 2.79. The molecule has 168 valence electrons. The van der Waals surface area contributed by atoms with E-state index in [9.17, 15) is 14.0 Å². The molecule has 2 heterocycles. The Bertz CT molecular complexity index is 1260. The van der Waals surface area contributed by atoms with E-state index in [1.807, 2.05) is 18.2 Å². The van der Waals surface area contributed by atoms with Crippen molar-refractivity contribution in [1.82, 2.24) is 25.2 Å². The van der Waals surface area contributed by atoms with Crippen molar-refractivity contribution in [2.75, 3.05) is 11.1 Å². The van der Waals surface area contributed by atoms with E-state index in [1.165, 1.54) is 35.4 Å². The second-order valence-corrected chi connectivity index (χ2v) is 8.35. The summed E-state index contributed by atoms with van der Waals surface area (Å²) in [6, 6.07) is 11.0. The lowest BCUT2D eigenvalue weighted by Gasteiger charge is -2.23. The molecular weight excluding hydrogens is 425 g/mol. The Hall–Kier alpha value is -4.08. The minimum atomic E-state index is -1.18. The number of carbonyl (C=O) groups is 2. The van der Waals surface area contributed by atoms with E-state index in [-0.39, 0.29) is 30.1 Å². The molecule has 2 aromatic carbocycles. The van der Waals surface area contributed by atoms with Gasteiger partial charge in [0.2, 0.25) is 11.9 Å². The fourth-order valence-electron chi connectivity index (χ4n) is 4.29. The lowest BCUT2D eigenvalue weighted by atomic mass is 9.89. The number of amides is 3. The van der Waals surface area contributed by atoms with Crippen LogP contribution in [0, 0.1) is 5.82 Å². The average molecular weight is 447 g/mol. The molecule has 9 nitrogen and oxygen atoms in total. The van der Waals surface area contributed by atoms with Gasteiger partial charge in [0, 0.05) is 5.69 Å². The number of nitrogens with two attached hydrogens (primary N) is 1. The van der Waals surface area contributed by atoms with E-state index in [4.69, 9.17) is 5.73 Å². The summed E-state index contributed by atoms with van der Waals surface area (Å²) in [5, 5.41) is 5.73. The van der Waals surface area contributed by atoms with E-state index < -0.39 is 17.5 Å². The highest BCUT2D eigenvalue weighted by Crippen LogP contribution is 2.33. The number of anilines is 3. The van der Waals surface area contributed by atoms with Gasteiger partial charge in [-0.2, -0.15) is 15.0 Å². The molecule has 0 saturated carbocycles. The Morgan fingerprint density at radius 3 is 2.64 bits per heavy atom. The minimum absolute atomic E-state index is 0.0713. The Morgan fingerprint density at radius 1 is 1.09 bits per heavy atom. The summed E-state index contributed by atoms with van der Waals surface area (Å²) in [7, 11) is 0. The monoisotopic (exact) mass is 447 g/mol. The average Bonchev–Trinajstić information content (AvgIpc) is 3.33. The molecule has 1 unspecified atom stereocenters. The Kier molecular flexibility index (Phi) is 4.92. The molecule has 3 amide bonds. The molecule has 1 fully saturated rings. The number of fused-ring (bicyclic) bond motifs is 1. The first-order valence-electron chi connectivity index (χ1n) is 10.6. The number of imide groups is 1. The number of hydrogen-bond donors (Lipinski definition) is 3. The van der Waals surface area contributed by atoms with E-state index in [1.54, 1.807) is 6.92 Å². The number of aromatic nitrogens is 3. The van der Waals surface area contributed by atoms with Crippen molar-refractivity contribution in [3.63, 3.8) is 0 Å². The van der Waals surface area contributed by atoms with Gasteiger partial charge in [0.15, 0.2) is 5.82 Å². The zero-order valence-electron chi connectivity index (χ0n) is 17.9. The Balaban J connectivity index is 1.38. The number of aryl methyl sites for hydroxylation is 2. The van der Waals surface area contributed by atoms with Gasteiger partial charge in [-0.3, -0.25) is 9.69 Å². The highest BCUT2D eigenvalue weighted by molar-refractivity contribution is 6.07. The van der Waals surface area contributed by atoms with Crippen molar-refractivity contribution < 1.29 is 14.0 Å². The molecule has 0 bridgehead atoms. The SMILES string of the molecule is CC1(c2ccc3c(c2)CCC3)NC(=O)N(Cc2nc(N)nc(Nc3ccc(F)cc3)n2)C1=O. The summed E-state index contributed by atoms with van der Waals surface area (Å²) in [6.45, 7) is 1.53. The van der Waals surface area contributed by atoms with Crippen LogP contribution in [-0.4, -0.2) is 31.8 Å². The highest BCUT2D eigenvalue weighted by atomic mass is 19.1.